The second-order valence-corrected chi connectivity index (χ2v) is 9.86. The van der Waals surface area contributed by atoms with E-state index < -0.39 is 18.3 Å². The van der Waals surface area contributed by atoms with E-state index in [2.05, 4.69) is 10.6 Å². The van der Waals surface area contributed by atoms with Crippen LogP contribution in [-0.2, 0) is 18.3 Å². The van der Waals surface area contributed by atoms with Gasteiger partial charge in [-0.25, -0.2) is 9.37 Å². The third-order valence-corrected chi connectivity index (χ3v) is 6.77. The number of anilines is 1. The monoisotopic (exact) mass is 539 g/mol. The van der Waals surface area contributed by atoms with Crippen LogP contribution in [0.1, 0.15) is 60.2 Å². The highest BCUT2D eigenvalue weighted by molar-refractivity contribution is 6.07. The zero-order valence-corrected chi connectivity index (χ0v) is 22.6. The number of nitrogens with zero attached hydrogens (tertiary/aromatic N) is 3. The predicted octanol–water partition coefficient (Wildman–Crippen LogP) is 3.03. The number of piperidine rings is 1. The lowest BCUT2D eigenvalue weighted by Gasteiger charge is -2.32. The molecule has 0 radical (unpaired) electrons. The third kappa shape index (κ3) is 6.03. The second-order valence-electron chi connectivity index (χ2n) is 9.86. The Labute approximate surface area is 226 Å². The molecule has 11 heteroatoms. The van der Waals surface area contributed by atoms with E-state index in [9.17, 15) is 18.8 Å². The number of hydrogen-bond donors (Lipinski definition) is 3. The second kappa shape index (κ2) is 11.8. The number of hydrogen-bond acceptors (Lipinski definition) is 6. The van der Waals surface area contributed by atoms with Gasteiger partial charge in [-0.05, 0) is 63.4 Å². The van der Waals surface area contributed by atoms with Crippen LogP contribution >= 0.6 is 0 Å². The Morgan fingerprint density at radius 3 is 2.41 bits per heavy atom. The number of rotatable bonds is 8. The lowest BCUT2D eigenvalue weighted by molar-refractivity contribution is -0.135. The number of aromatic nitrogens is 2. The molecular weight excluding hydrogens is 505 g/mol. The van der Waals surface area contributed by atoms with E-state index in [1.165, 1.54) is 24.3 Å². The number of pyridine rings is 1. The van der Waals surface area contributed by atoms with Gasteiger partial charge in [0.1, 0.15) is 18.1 Å². The number of carbonyl (C=O) groups excluding carboxylic acids is 3. The molecule has 3 heterocycles. The van der Waals surface area contributed by atoms with Crippen LogP contribution < -0.4 is 15.4 Å². The molecule has 1 saturated heterocycles. The van der Waals surface area contributed by atoms with Crippen LogP contribution in [0.15, 0.2) is 30.3 Å². The van der Waals surface area contributed by atoms with Gasteiger partial charge in [0, 0.05) is 31.7 Å². The Morgan fingerprint density at radius 2 is 1.82 bits per heavy atom. The number of aliphatic hydroxyl groups is 1. The van der Waals surface area contributed by atoms with Crippen molar-refractivity contribution in [1.82, 2.24) is 19.8 Å². The molecule has 39 heavy (non-hydrogen) atoms. The number of aryl methyl sites for hydroxylation is 2. The molecule has 3 N–H and O–H groups in total. The van der Waals surface area contributed by atoms with E-state index in [0.717, 1.165) is 0 Å². The molecule has 3 amide bonds. The quantitative estimate of drug-likeness (QED) is 0.404. The number of amides is 3. The summed E-state index contributed by atoms with van der Waals surface area (Å²) in [5, 5.41) is 15.6. The largest absolute Gasteiger partial charge is 0.488 e. The molecule has 3 aromatic rings. The molecule has 1 aliphatic heterocycles. The first-order valence-electron chi connectivity index (χ1n) is 13.1. The topological polar surface area (TPSA) is 126 Å². The predicted molar refractivity (Wildman–Crippen MR) is 144 cm³/mol. The number of benzene rings is 1. The van der Waals surface area contributed by atoms with Crippen molar-refractivity contribution in [1.29, 1.82) is 0 Å². The number of halogens is 1. The van der Waals surface area contributed by atoms with Gasteiger partial charge in [-0.3, -0.25) is 14.4 Å². The molecule has 10 nitrogen and oxygen atoms in total. The van der Waals surface area contributed by atoms with Gasteiger partial charge in [-0.15, -0.1) is 0 Å². The normalized spacial score (nSPS) is 14.1. The summed E-state index contributed by atoms with van der Waals surface area (Å²) in [6, 6.07) is 6.88. The highest BCUT2D eigenvalue weighted by atomic mass is 19.1. The molecule has 0 unspecified atom stereocenters. The van der Waals surface area contributed by atoms with Crippen molar-refractivity contribution in [2.75, 3.05) is 25.0 Å². The number of ether oxygens (including phenoxy) is 1. The Bertz CT molecular complexity index is 1380. The number of likely N-dealkylation sites (tertiary alicyclic amines) is 1. The van der Waals surface area contributed by atoms with Crippen molar-refractivity contribution in [3.63, 3.8) is 0 Å². The van der Waals surface area contributed by atoms with Crippen LogP contribution in [0.25, 0.3) is 11.0 Å². The summed E-state index contributed by atoms with van der Waals surface area (Å²) >= 11 is 0. The smallest absolute Gasteiger partial charge is 0.272 e. The van der Waals surface area contributed by atoms with Gasteiger partial charge in [0.25, 0.3) is 11.8 Å². The van der Waals surface area contributed by atoms with Gasteiger partial charge in [0.2, 0.25) is 5.91 Å². The van der Waals surface area contributed by atoms with E-state index in [0.29, 0.717) is 71.8 Å². The van der Waals surface area contributed by atoms with Gasteiger partial charge < -0.3 is 29.9 Å². The molecule has 0 spiro atoms. The van der Waals surface area contributed by atoms with E-state index in [1.54, 1.807) is 22.6 Å². The minimum atomic E-state index is -0.526. The lowest BCUT2D eigenvalue weighted by atomic mass is 10.0. The number of carbonyl (C=O) groups is 3. The van der Waals surface area contributed by atoms with E-state index in [4.69, 9.17) is 14.8 Å². The Balaban J connectivity index is 1.66. The molecule has 0 atom stereocenters. The summed E-state index contributed by atoms with van der Waals surface area (Å²) < 4.78 is 21.1. The van der Waals surface area contributed by atoms with Gasteiger partial charge >= 0.3 is 0 Å². The lowest BCUT2D eigenvalue weighted by Crippen LogP contribution is -2.47. The average Bonchev–Trinajstić information content (AvgIpc) is 3.18. The molecule has 1 aromatic carbocycles. The van der Waals surface area contributed by atoms with E-state index >= 15 is 0 Å². The molecule has 208 valence electrons. The maximum atomic E-state index is 13.5. The summed E-state index contributed by atoms with van der Waals surface area (Å²) in [4.78, 5) is 44.6. The standard InChI is InChI=1S/C28H34FN5O5/c1-5-21-22(32-27(37)17-6-8-18(29)9-7-17)14-20-25(39-16(2)3)24(33(4)26(20)31-21)28(38)30-19-10-12-34(13-11-19)23(36)15-35/h6-9,14,16,19,35H,5,10-13,15H2,1-4H3,(H,30,38)(H,32,37). The maximum Gasteiger partial charge on any atom is 0.272 e. The number of fused-ring (bicyclic) bond motifs is 1. The van der Waals surface area contributed by atoms with Crippen molar-refractivity contribution < 1.29 is 28.6 Å². The summed E-state index contributed by atoms with van der Waals surface area (Å²) in [5.74, 6) is -1.12. The molecule has 0 saturated carbocycles. The first kappa shape index (κ1) is 28.0. The summed E-state index contributed by atoms with van der Waals surface area (Å²) in [6.07, 6.45) is 1.42. The average molecular weight is 540 g/mol. The summed E-state index contributed by atoms with van der Waals surface area (Å²) in [6.45, 7) is 6.01. The van der Waals surface area contributed by atoms with Crippen LogP contribution in [0, 0.1) is 5.82 Å². The van der Waals surface area contributed by atoms with Crippen molar-refractivity contribution in [3.8, 4) is 5.75 Å². The van der Waals surface area contributed by atoms with Crippen molar-refractivity contribution in [3.05, 3.63) is 53.1 Å². The van der Waals surface area contributed by atoms with Crippen molar-refractivity contribution >= 4 is 34.4 Å². The fraction of sp³-hybridized carbons (Fsp3) is 0.429. The van der Waals surface area contributed by atoms with Gasteiger partial charge in [-0.2, -0.15) is 0 Å². The third-order valence-electron chi connectivity index (χ3n) is 6.77. The molecule has 1 aliphatic rings. The van der Waals surface area contributed by atoms with Gasteiger partial charge in [0.05, 0.1) is 22.9 Å². The summed E-state index contributed by atoms with van der Waals surface area (Å²) in [7, 11) is 1.75. The first-order chi connectivity index (χ1) is 18.6. The van der Waals surface area contributed by atoms with Gasteiger partial charge in [-0.1, -0.05) is 6.92 Å². The van der Waals surface area contributed by atoms with Crippen LogP contribution in [-0.4, -0.2) is 69.1 Å². The fourth-order valence-electron chi connectivity index (χ4n) is 4.76. The Kier molecular flexibility index (Phi) is 8.49. The van der Waals surface area contributed by atoms with E-state index in [1.807, 2.05) is 20.8 Å². The van der Waals surface area contributed by atoms with Crippen LogP contribution in [0.2, 0.25) is 0 Å². The molecule has 2 aromatic heterocycles. The summed E-state index contributed by atoms with van der Waals surface area (Å²) in [5.41, 5.74) is 2.26. The Hall–Kier alpha value is -3.99. The fourth-order valence-corrected chi connectivity index (χ4v) is 4.76. The van der Waals surface area contributed by atoms with Crippen molar-refractivity contribution in [2.45, 2.75) is 52.2 Å². The van der Waals surface area contributed by atoms with Gasteiger partial charge in [0.15, 0.2) is 11.4 Å². The molecule has 4 rings (SSSR count). The molecule has 0 aliphatic carbocycles. The zero-order valence-electron chi connectivity index (χ0n) is 22.6. The van der Waals surface area contributed by atoms with Crippen LogP contribution in [0.5, 0.6) is 5.75 Å². The SMILES string of the molecule is CCc1nc2c(cc1NC(=O)c1ccc(F)cc1)c(OC(C)C)c(C(=O)NC1CCN(C(=O)CO)CC1)n2C. The highest BCUT2D eigenvalue weighted by Crippen LogP contribution is 2.36. The van der Waals surface area contributed by atoms with Crippen LogP contribution in [0.4, 0.5) is 10.1 Å². The number of nitrogens with one attached hydrogen (secondary N) is 2. The van der Waals surface area contributed by atoms with Crippen LogP contribution in [0.3, 0.4) is 0 Å². The highest BCUT2D eigenvalue weighted by Gasteiger charge is 2.29. The first-order valence-corrected chi connectivity index (χ1v) is 13.1. The molecular formula is C28H34FN5O5. The maximum absolute atomic E-state index is 13.5. The molecule has 1 fully saturated rings. The van der Waals surface area contributed by atoms with E-state index in [-0.39, 0.29) is 24.0 Å². The minimum absolute atomic E-state index is 0.144. The number of aliphatic hydroxyl groups excluding tert-OH is 1. The zero-order chi connectivity index (χ0) is 28.3. The minimum Gasteiger partial charge on any atom is -0.488 e. The van der Waals surface area contributed by atoms with Crippen molar-refractivity contribution in [2.24, 2.45) is 7.05 Å². The Morgan fingerprint density at radius 1 is 1.15 bits per heavy atom. The molecule has 0 bridgehead atoms.